The van der Waals surface area contributed by atoms with Crippen LogP contribution in [0.1, 0.15) is 59.3 Å². The number of aliphatic carboxylic acids is 1. The average molecular weight is 479 g/mol. The second-order valence-corrected chi connectivity index (χ2v) is 11.1. The average Bonchev–Trinajstić information content (AvgIpc) is 2.96. The van der Waals surface area contributed by atoms with Gasteiger partial charge in [-0.3, -0.25) is 14.4 Å². The number of ether oxygens (including phenoxy) is 1. The van der Waals surface area contributed by atoms with Crippen LogP contribution in [-0.4, -0.2) is 63.4 Å². The normalized spacial score (nSPS) is 45.2. The summed E-state index contributed by atoms with van der Waals surface area (Å²) in [6, 6.07) is 0. The Balaban J connectivity index is 1.61. The summed E-state index contributed by atoms with van der Waals surface area (Å²) in [4.78, 5) is 35.9. The molecule has 3 fully saturated rings. The van der Waals surface area contributed by atoms with Gasteiger partial charge in [-0.1, -0.05) is 25.5 Å². The van der Waals surface area contributed by atoms with E-state index in [9.17, 15) is 24.6 Å². The molecule has 8 heteroatoms. The molecule has 4 aliphatic carbocycles. The second-order valence-electron chi connectivity index (χ2n) is 11.1. The Morgan fingerprint density at radius 2 is 1.97 bits per heavy atom. The van der Waals surface area contributed by atoms with Crippen molar-refractivity contribution in [3.05, 3.63) is 23.8 Å². The third-order valence-corrected chi connectivity index (χ3v) is 9.56. The lowest BCUT2D eigenvalue weighted by Gasteiger charge is -2.62. The number of Topliss-reactive ketones (excluding diaryl/α,β-unsaturated/α-hetero) is 1. The predicted molar refractivity (Wildman–Crippen MR) is 121 cm³/mol. The van der Waals surface area contributed by atoms with Crippen LogP contribution in [0.4, 0.5) is 4.39 Å². The molecule has 3 saturated carbocycles. The van der Waals surface area contributed by atoms with Gasteiger partial charge in [-0.05, 0) is 63.0 Å². The highest BCUT2D eigenvalue weighted by molar-refractivity contribution is 6.01. The zero-order chi connectivity index (χ0) is 25.1. The number of aliphatic hydroxyl groups is 2. The van der Waals surface area contributed by atoms with E-state index in [1.165, 1.54) is 12.2 Å². The van der Waals surface area contributed by atoms with Gasteiger partial charge in [0.1, 0.15) is 12.2 Å². The Labute approximate surface area is 199 Å². The van der Waals surface area contributed by atoms with Gasteiger partial charge in [-0.15, -0.1) is 0 Å². The Morgan fingerprint density at radius 1 is 1.26 bits per heavy atom. The number of carbonyl (C=O) groups excluding carboxylic acids is 2. The van der Waals surface area contributed by atoms with Gasteiger partial charge >= 0.3 is 5.97 Å². The molecule has 0 spiro atoms. The van der Waals surface area contributed by atoms with Crippen molar-refractivity contribution in [2.75, 3.05) is 13.2 Å². The fourth-order valence-electron chi connectivity index (χ4n) is 7.74. The van der Waals surface area contributed by atoms with Crippen molar-refractivity contribution in [3.63, 3.8) is 0 Å². The molecule has 0 unspecified atom stereocenters. The third-order valence-electron chi connectivity index (χ3n) is 9.56. The molecule has 188 valence electrons. The molecule has 34 heavy (non-hydrogen) atoms. The van der Waals surface area contributed by atoms with E-state index in [0.717, 1.165) is 0 Å². The summed E-state index contributed by atoms with van der Waals surface area (Å²) in [5.41, 5.74) is -5.28. The SMILES string of the molecule is C[C@@H]1C[C@H]2[C@@H]3CCC4=CC(=O)C=C[C@]4(C)[C@@]3(F)[C@@H](O)C[C@]2(C)[C@@]1(O)C(=O)COCCCC(=O)O. The van der Waals surface area contributed by atoms with Gasteiger partial charge in [-0.2, -0.15) is 0 Å². The van der Waals surface area contributed by atoms with Crippen molar-refractivity contribution in [3.8, 4) is 0 Å². The number of allylic oxidation sites excluding steroid dienone is 4. The highest BCUT2D eigenvalue weighted by atomic mass is 19.1. The summed E-state index contributed by atoms with van der Waals surface area (Å²) in [6.45, 7) is 5.02. The molecule has 7 nitrogen and oxygen atoms in total. The summed E-state index contributed by atoms with van der Waals surface area (Å²) >= 11 is 0. The van der Waals surface area contributed by atoms with Crippen LogP contribution in [0.25, 0.3) is 0 Å². The first-order valence-corrected chi connectivity index (χ1v) is 12.2. The summed E-state index contributed by atoms with van der Waals surface area (Å²) in [7, 11) is 0. The van der Waals surface area contributed by atoms with Crippen molar-refractivity contribution in [1.82, 2.24) is 0 Å². The fraction of sp³-hybridized carbons (Fsp3) is 0.731. The summed E-state index contributed by atoms with van der Waals surface area (Å²) in [6.07, 6.45) is 4.51. The van der Waals surface area contributed by atoms with E-state index in [-0.39, 0.29) is 44.2 Å². The number of alkyl halides is 1. The molecule has 0 bridgehead atoms. The lowest BCUT2D eigenvalue weighted by Crippen LogP contribution is -2.69. The van der Waals surface area contributed by atoms with Gasteiger partial charge in [0.15, 0.2) is 17.2 Å². The predicted octanol–water partition coefficient (Wildman–Crippen LogP) is 2.78. The molecular formula is C26H35FO7. The molecule has 0 aliphatic heterocycles. The van der Waals surface area contributed by atoms with Gasteiger partial charge < -0.3 is 20.1 Å². The number of carboxylic acid groups (broad SMARTS) is 1. The van der Waals surface area contributed by atoms with E-state index in [2.05, 4.69) is 0 Å². The third kappa shape index (κ3) is 3.28. The van der Waals surface area contributed by atoms with Crippen LogP contribution in [0, 0.1) is 28.6 Å². The molecule has 0 aromatic carbocycles. The smallest absolute Gasteiger partial charge is 0.303 e. The van der Waals surface area contributed by atoms with E-state index >= 15 is 4.39 Å². The first-order valence-electron chi connectivity index (χ1n) is 12.2. The van der Waals surface area contributed by atoms with Crippen molar-refractivity contribution in [2.24, 2.45) is 28.6 Å². The van der Waals surface area contributed by atoms with Gasteiger partial charge in [0.25, 0.3) is 0 Å². The monoisotopic (exact) mass is 478 g/mol. The Hall–Kier alpha value is -1.90. The lowest BCUT2D eigenvalue weighted by molar-refractivity contribution is -0.219. The largest absolute Gasteiger partial charge is 0.481 e. The van der Waals surface area contributed by atoms with Crippen molar-refractivity contribution < 1.29 is 38.8 Å². The maximum absolute atomic E-state index is 17.1. The van der Waals surface area contributed by atoms with Crippen molar-refractivity contribution in [2.45, 2.75) is 76.7 Å². The van der Waals surface area contributed by atoms with E-state index in [0.29, 0.717) is 24.8 Å². The van der Waals surface area contributed by atoms with E-state index in [1.807, 2.05) is 0 Å². The zero-order valence-electron chi connectivity index (χ0n) is 20.1. The number of ketones is 2. The van der Waals surface area contributed by atoms with Gasteiger partial charge in [0, 0.05) is 29.8 Å². The van der Waals surface area contributed by atoms with Crippen LogP contribution in [0.3, 0.4) is 0 Å². The molecule has 0 heterocycles. The second kappa shape index (κ2) is 8.35. The minimum atomic E-state index is -2.01. The minimum absolute atomic E-state index is 0.0731. The topological polar surface area (TPSA) is 121 Å². The molecule has 0 aromatic heterocycles. The number of carboxylic acids is 1. The lowest BCUT2D eigenvalue weighted by atomic mass is 9.44. The molecule has 8 atom stereocenters. The van der Waals surface area contributed by atoms with Crippen molar-refractivity contribution in [1.29, 1.82) is 0 Å². The van der Waals surface area contributed by atoms with Gasteiger partial charge in [0.2, 0.25) is 0 Å². The highest BCUT2D eigenvalue weighted by Gasteiger charge is 2.75. The fourth-order valence-corrected chi connectivity index (χ4v) is 7.74. The Kier molecular flexibility index (Phi) is 6.19. The van der Waals surface area contributed by atoms with Gasteiger partial charge in [0.05, 0.1) is 6.10 Å². The maximum Gasteiger partial charge on any atom is 0.303 e. The van der Waals surface area contributed by atoms with E-state index in [4.69, 9.17) is 9.84 Å². The zero-order valence-corrected chi connectivity index (χ0v) is 20.1. The number of carbonyl (C=O) groups is 3. The van der Waals surface area contributed by atoms with Crippen LogP contribution in [-0.2, 0) is 19.1 Å². The summed E-state index contributed by atoms with van der Waals surface area (Å²) < 4.78 is 22.5. The number of hydrogen-bond acceptors (Lipinski definition) is 6. The number of fused-ring (bicyclic) bond motifs is 5. The van der Waals surface area contributed by atoms with Crippen LogP contribution in [0.2, 0.25) is 0 Å². The Bertz CT molecular complexity index is 959. The highest BCUT2D eigenvalue weighted by Crippen LogP contribution is 2.70. The van der Waals surface area contributed by atoms with Crippen LogP contribution >= 0.6 is 0 Å². The first kappa shape index (κ1) is 25.2. The van der Waals surface area contributed by atoms with Crippen molar-refractivity contribution >= 4 is 17.5 Å². The molecule has 4 aliphatic rings. The molecule has 0 amide bonds. The number of hydrogen-bond donors (Lipinski definition) is 3. The quantitative estimate of drug-likeness (QED) is 0.481. The molecule has 0 saturated heterocycles. The van der Waals surface area contributed by atoms with Gasteiger partial charge in [-0.25, -0.2) is 4.39 Å². The van der Waals surface area contributed by atoms with Crippen LogP contribution < -0.4 is 0 Å². The molecule has 4 rings (SSSR count). The van der Waals surface area contributed by atoms with Crippen LogP contribution in [0.15, 0.2) is 23.8 Å². The summed E-state index contributed by atoms with van der Waals surface area (Å²) in [5, 5.41) is 31.9. The number of halogens is 1. The Morgan fingerprint density at radius 3 is 2.65 bits per heavy atom. The summed E-state index contributed by atoms with van der Waals surface area (Å²) in [5.74, 6) is -3.01. The molecular weight excluding hydrogens is 443 g/mol. The number of aliphatic hydroxyl groups excluding tert-OH is 1. The van der Waals surface area contributed by atoms with E-state index in [1.54, 1.807) is 26.8 Å². The first-order chi connectivity index (χ1) is 15.8. The van der Waals surface area contributed by atoms with Crippen LogP contribution in [0.5, 0.6) is 0 Å². The minimum Gasteiger partial charge on any atom is -0.481 e. The number of rotatable bonds is 7. The standard InChI is InChI=1S/C26H35FO7/c1-15-11-19-18-7-6-16-12-17(28)8-9-23(16,2)25(18,27)20(29)13-24(19,3)26(15,33)21(30)14-34-10-4-5-22(31)32/h8-9,12,15,18-20,29,33H,4-7,10-11,13-14H2,1-3H3,(H,31,32)/t15-,18+,19+,20+,23+,24+,25+,26+/m1/s1. The van der Waals surface area contributed by atoms with E-state index < -0.39 is 51.8 Å². The maximum atomic E-state index is 17.1. The molecule has 3 N–H and O–H groups in total. The molecule has 0 aromatic rings. The molecule has 0 radical (unpaired) electrons.